The molecule has 0 nitrogen and oxygen atoms in total. The third kappa shape index (κ3) is 8.95. The van der Waals surface area contributed by atoms with Gasteiger partial charge in [-0.25, -0.2) is 0 Å². The van der Waals surface area contributed by atoms with Crippen molar-refractivity contribution in [2.75, 3.05) is 0 Å². The fraction of sp³-hybridized carbons (Fsp3) is 0. The summed E-state index contributed by atoms with van der Waals surface area (Å²) in [5, 5.41) is 0. The van der Waals surface area contributed by atoms with Gasteiger partial charge in [0, 0.05) is 16.5 Å². The van der Waals surface area contributed by atoms with Crippen molar-refractivity contribution >= 4 is 54.4 Å². The molecule has 4 heavy (non-hydrogen) atoms. The van der Waals surface area contributed by atoms with E-state index in [1.807, 2.05) is 0 Å². The maximum atomic E-state index is 0. The van der Waals surface area contributed by atoms with Gasteiger partial charge >= 0.3 is 29.6 Å². The van der Waals surface area contributed by atoms with E-state index in [1.165, 1.54) is 0 Å². The van der Waals surface area contributed by atoms with Gasteiger partial charge in [0.2, 0.25) is 0 Å². The first kappa shape index (κ1) is 36.4. The molecule has 0 aliphatic rings. The van der Waals surface area contributed by atoms with Crippen molar-refractivity contribution in [3.63, 3.8) is 0 Å². The molecule has 0 unspecified atom stereocenters. The fourth-order valence-corrected chi connectivity index (χ4v) is 0. The predicted octanol–water partition coefficient (Wildman–Crippen LogP) is 0.193. The molecule has 0 aromatic rings. The summed E-state index contributed by atoms with van der Waals surface area (Å²) in [6.07, 6.45) is 0. The van der Waals surface area contributed by atoms with E-state index in [1.54, 1.807) is 0 Å². The molecule has 0 saturated heterocycles. The molecule has 0 aromatic heterocycles. The quantitative estimate of drug-likeness (QED) is 0.439. The Balaban J connectivity index is 0. The predicted molar refractivity (Wildman–Crippen MR) is 21.6 cm³/mol. The second kappa shape index (κ2) is 19.6. The molecule has 0 aromatic carbocycles. The molecular formula is H3Cl2NaNi. The monoisotopic (exact) mass is 154 g/mol. The zero-order valence-corrected chi connectivity index (χ0v) is 3.75. The van der Waals surface area contributed by atoms with E-state index in [0.29, 0.717) is 0 Å². The molecule has 0 atom stereocenters. The summed E-state index contributed by atoms with van der Waals surface area (Å²) in [5.74, 6) is 0. The first-order chi connectivity index (χ1) is 0. The van der Waals surface area contributed by atoms with Crippen molar-refractivity contribution in [1.29, 1.82) is 0 Å². The van der Waals surface area contributed by atoms with E-state index in [9.17, 15) is 0 Å². The summed E-state index contributed by atoms with van der Waals surface area (Å²) in [4.78, 5) is 0. The van der Waals surface area contributed by atoms with Crippen LogP contribution in [0.5, 0.6) is 0 Å². The van der Waals surface area contributed by atoms with Crippen LogP contribution in [0.1, 0.15) is 0 Å². The summed E-state index contributed by atoms with van der Waals surface area (Å²) in [5.41, 5.74) is 0. The van der Waals surface area contributed by atoms with Gasteiger partial charge in [0.05, 0.1) is 0 Å². The van der Waals surface area contributed by atoms with Crippen LogP contribution in [0.25, 0.3) is 0 Å². The number of hydrogen-bond donors (Lipinski definition) is 0. The Hall–Kier alpha value is 2.07. The van der Waals surface area contributed by atoms with Gasteiger partial charge in [-0.15, -0.1) is 24.8 Å². The Morgan fingerprint density at radius 2 is 0.750 bits per heavy atom. The van der Waals surface area contributed by atoms with Gasteiger partial charge in [0.25, 0.3) is 0 Å². The van der Waals surface area contributed by atoms with Crippen LogP contribution in [0, 0.1) is 0 Å². The van der Waals surface area contributed by atoms with Crippen molar-refractivity contribution in [3.05, 3.63) is 0 Å². The van der Waals surface area contributed by atoms with Crippen LogP contribution in [0.3, 0.4) is 0 Å². The van der Waals surface area contributed by atoms with Crippen LogP contribution in [0.15, 0.2) is 0 Å². The molecule has 0 N–H and O–H groups in total. The molecule has 0 radical (unpaired) electrons. The molecule has 0 fully saturated rings. The molecule has 0 saturated carbocycles. The number of halogens is 2. The Labute approximate surface area is 70.1 Å². The summed E-state index contributed by atoms with van der Waals surface area (Å²) >= 11 is 0. The third-order valence-electron chi connectivity index (χ3n) is 0. The molecule has 0 rings (SSSR count). The standard InChI is InChI=1S/2ClH.Na.Ni.H/h2*1H;;;. The second-order valence-corrected chi connectivity index (χ2v) is 0. The fourth-order valence-electron chi connectivity index (χ4n) is 0. The smallest absolute Gasteiger partial charge is 0 e. The Kier molecular flexibility index (Phi) is 178. The molecule has 4 heteroatoms. The number of hydrogen-bond acceptors (Lipinski definition) is 0. The van der Waals surface area contributed by atoms with Crippen LogP contribution in [0.4, 0.5) is 0 Å². The van der Waals surface area contributed by atoms with Crippen LogP contribution in [-0.2, 0) is 16.5 Å². The van der Waals surface area contributed by atoms with Gasteiger partial charge in [-0.3, -0.25) is 0 Å². The zero-order valence-electron chi connectivity index (χ0n) is 1.13. The van der Waals surface area contributed by atoms with E-state index in [-0.39, 0.29) is 70.9 Å². The van der Waals surface area contributed by atoms with Crippen molar-refractivity contribution in [2.45, 2.75) is 0 Å². The van der Waals surface area contributed by atoms with Gasteiger partial charge in [-0.2, -0.15) is 0 Å². The maximum absolute atomic E-state index is 0. The molecule has 0 amide bonds. The molecule has 0 bridgehead atoms. The summed E-state index contributed by atoms with van der Waals surface area (Å²) < 4.78 is 0. The molecular weight excluding hydrogens is 153 g/mol. The van der Waals surface area contributed by atoms with Crippen molar-refractivity contribution in [3.8, 4) is 0 Å². The number of rotatable bonds is 0. The first-order valence-corrected chi connectivity index (χ1v) is 0. The minimum Gasteiger partial charge on any atom is 0 e. The normalized spacial score (nSPS) is 0. The van der Waals surface area contributed by atoms with E-state index in [4.69, 9.17) is 0 Å². The topological polar surface area (TPSA) is 0 Å². The van der Waals surface area contributed by atoms with E-state index >= 15 is 0 Å². The summed E-state index contributed by atoms with van der Waals surface area (Å²) in [6, 6.07) is 0. The van der Waals surface area contributed by atoms with Crippen LogP contribution in [-0.4, -0.2) is 29.6 Å². The molecule has 28 valence electrons. The van der Waals surface area contributed by atoms with Crippen LogP contribution in [0.2, 0.25) is 0 Å². The Morgan fingerprint density at radius 3 is 0.750 bits per heavy atom. The first-order valence-electron chi connectivity index (χ1n) is 0. The van der Waals surface area contributed by atoms with Crippen LogP contribution >= 0.6 is 24.8 Å². The van der Waals surface area contributed by atoms with E-state index in [2.05, 4.69) is 0 Å². The van der Waals surface area contributed by atoms with E-state index in [0.717, 1.165) is 0 Å². The molecule has 0 aliphatic heterocycles. The van der Waals surface area contributed by atoms with E-state index < -0.39 is 0 Å². The zero-order chi connectivity index (χ0) is 0. The molecule has 0 heterocycles. The van der Waals surface area contributed by atoms with Gasteiger partial charge in [0.15, 0.2) is 0 Å². The van der Waals surface area contributed by atoms with Gasteiger partial charge in [-0.05, 0) is 0 Å². The maximum Gasteiger partial charge on any atom is 0 e. The van der Waals surface area contributed by atoms with Gasteiger partial charge in [0.1, 0.15) is 0 Å². The van der Waals surface area contributed by atoms with Gasteiger partial charge < -0.3 is 0 Å². The average molecular weight is 156 g/mol. The Bertz CT molecular complexity index is 6.00. The van der Waals surface area contributed by atoms with Gasteiger partial charge in [-0.1, -0.05) is 0 Å². The SMILES string of the molecule is Cl.Cl.[NaH].[Ni]. The molecule has 0 aliphatic carbocycles. The van der Waals surface area contributed by atoms with Crippen molar-refractivity contribution < 1.29 is 16.5 Å². The van der Waals surface area contributed by atoms with Crippen molar-refractivity contribution in [2.24, 2.45) is 0 Å². The third-order valence-corrected chi connectivity index (χ3v) is 0. The van der Waals surface area contributed by atoms with Crippen LogP contribution < -0.4 is 0 Å². The average Bonchev–Trinajstić information content (AvgIpc) is 0. The largest absolute Gasteiger partial charge is 0 e. The Morgan fingerprint density at radius 1 is 0.750 bits per heavy atom. The summed E-state index contributed by atoms with van der Waals surface area (Å²) in [6.45, 7) is 0. The minimum atomic E-state index is 0. The minimum absolute atomic E-state index is 0. The second-order valence-electron chi connectivity index (χ2n) is 0. The molecule has 0 spiro atoms. The summed E-state index contributed by atoms with van der Waals surface area (Å²) in [7, 11) is 0. The van der Waals surface area contributed by atoms with Crippen molar-refractivity contribution in [1.82, 2.24) is 0 Å².